The molecule has 1 fully saturated rings. The van der Waals surface area contributed by atoms with Gasteiger partial charge in [0.2, 0.25) is 0 Å². The van der Waals surface area contributed by atoms with E-state index in [1.807, 2.05) is 0 Å². The molecule has 8 nitrogen and oxygen atoms in total. The molecule has 5 aromatic rings. The fourth-order valence-electron chi connectivity index (χ4n) is 5.18. The molecule has 1 amide bonds. The summed E-state index contributed by atoms with van der Waals surface area (Å²) in [6.07, 6.45) is 2.04. The summed E-state index contributed by atoms with van der Waals surface area (Å²) in [4.78, 5) is 30.1. The Bertz CT molecular complexity index is 1890. The van der Waals surface area contributed by atoms with Crippen molar-refractivity contribution in [3.8, 4) is 5.69 Å². The van der Waals surface area contributed by atoms with Crippen LogP contribution in [0.15, 0.2) is 83.9 Å². The Kier molecular flexibility index (Phi) is 7.20. The lowest BCUT2D eigenvalue weighted by molar-refractivity contribution is -0.141. The second-order valence-corrected chi connectivity index (χ2v) is 10.6. The number of carbonyl (C=O) groups is 1. The minimum atomic E-state index is -4.85. The molecule has 3 N–H and O–H groups in total. The SMILES string of the molecule is Nc1nccc2ccc(-n3nc(C(F)(F)F)cc3C(=O)Nc3cc([C@H](CCC4CC4)n4ccccc4=O)ccc3F)cc12. The summed E-state index contributed by atoms with van der Waals surface area (Å²) in [5, 5.41) is 7.23. The first kappa shape index (κ1) is 28.1. The molecule has 3 heterocycles. The maximum absolute atomic E-state index is 15.0. The fourth-order valence-corrected chi connectivity index (χ4v) is 5.18. The monoisotopic (exact) mass is 590 g/mol. The molecule has 0 spiro atoms. The van der Waals surface area contributed by atoms with Gasteiger partial charge in [-0.05, 0) is 66.1 Å². The number of carbonyl (C=O) groups excluding carboxylic acids is 1. The predicted molar refractivity (Wildman–Crippen MR) is 153 cm³/mol. The Hall–Kier alpha value is -5.00. The van der Waals surface area contributed by atoms with Crippen LogP contribution in [-0.2, 0) is 6.18 Å². The number of halogens is 4. The van der Waals surface area contributed by atoms with Crippen LogP contribution in [0.4, 0.5) is 29.1 Å². The molecule has 1 atom stereocenters. The van der Waals surface area contributed by atoms with Crippen LogP contribution in [0.1, 0.15) is 53.5 Å². The van der Waals surface area contributed by atoms with E-state index in [0.29, 0.717) is 34.7 Å². The van der Waals surface area contributed by atoms with Crippen molar-refractivity contribution in [3.05, 3.63) is 112 Å². The van der Waals surface area contributed by atoms with E-state index < -0.39 is 35.3 Å². The molecule has 0 aliphatic heterocycles. The number of alkyl halides is 3. The van der Waals surface area contributed by atoms with Crippen molar-refractivity contribution >= 4 is 28.2 Å². The highest BCUT2D eigenvalue weighted by molar-refractivity contribution is 6.04. The van der Waals surface area contributed by atoms with E-state index in [1.54, 1.807) is 41.1 Å². The summed E-state index contributed by atoms with van der Waals surface area (Å²) >= 11 is 0. The lowest BCUT2D eigenvalue weighted by atomic mass is 9.99. The van der Waals surface area contributed by atoms with E-state index in [0.717, 1.165) is 23.9 Å². The van der Waals surface area contributed by atoms with E-state index in [1.165, 1.54) is 36.5 Å². The number of anilines is 2. The Labute approximate surface area is 242 Å². The van der Waals surface area contributed by atoms with Gasteiger partial charge in [0, 0.05) is 29.9 Å². The van der Waals surface area contributed by atoms with Crippen molar-refractivity contribution in [3.63, 3.8) is 0 Å². The summed E-state index contributed by atoms with van der Waals surface area (Å²) < 4.78 is 58.6. The van der Waals surface area contributed by atoms with Gasteiger partial charge >= 0.3 is 6.18 Å². The van der Waals surface area contributed by atoms with Gasteiger partial charge < -0.3 is 15.6 Å². The highest BCUT2D eigenvalue weighted by Gasteiger charge is 2.36. The summed E-state index contributed by atoms with van der Waals surface area (Å²) in [7, 11) is 0. The zero-order valence-corrected chi connectivity index (χ0v) is 22.7. The van der Waals surface area contributed by atoms with Crippen molar-refractivity contribution in [1.29, 1.82) is 0 Å². The molecule has 1 aliphatic rings. The molecule has 0 unspecified atom stereocenters. The smallest absolute Gasteiger partial charge is 0.383 e. The number of nitrogen functional groups attached to an aromatic ring is 1. The van der Waals surface area contributed by atoms with Crippen LogP contribution in [0.25, 0.3) is 16.5 Å². The third-order valence-electron chi connectivity index (χ3n) is 7.61. The maximum atomic E-state index is 15.0. The third kappa shape index (κ3) is 5.85. The van der Waals surface area contributed by atoms with Gasteiger partial charge in [0.1, 0.15) is 17.3 Å². The Balaban J connectivity index is 1.37. The van der Waals surface area contributed by atoms with E-state index >= 15 is 4.39 Å². The Morgan fingerprint density at radius 2 is 1.88 bits per heavy atom. The second-order valence-electron chi connectivity index (χ2n) is 10.6. The molecule has 6 rings (SSSR count). The molecule has 0 saturated heterocycles. The first-order chi connectivity index (χ1) is 20.6. The van der Waals surface area contributed by atoms with Crippen LogP contribution < -0.4 is 16.6 Å². The molecule has 1 aliphatic carbocycles. The van der Waals surface area contributed by atoms with Gasteiger partial charge in [-0.25, -0.2) is 14.1 Å². The van der Waals surface area contributed by atoms with Gasteiger partial charge in [-0.2, -0.15) is 18.3 Å². The number of rotatable bonds is 8. The Morgan fingerprint density at radius 3 is 2.63 bits per heavy atom. The predicted octanol–water partition coefficient (Wildman–Crippen LogP) is 6.35. The van der Waals surface area contributed by atoms with Crippen molar-refractivity contribution in [2.24, 2.45) is 5.92 Å². The van der Waals surface area contributed by atoms with Gasteiger partial charge in [0.15, 0.2) is 5.69 Å². The van der Waals surface area contributed by atoms with E-state index in [9.17, 15) is 22.8 Å². The molecule has 220 valence electrons. The van der Waals surface area contributed by atoms with E-state index in [2.05, 4.69) is 15.4 Å². The standard InChI is InChI=1S/C31H26F4N6O2/c32-23-10-8-20(25(11-6-18-4-5-18)40-14-2-1-3-28(40)42)15-24(23)38-30(43)26-17-27(31(33,34)35)39-41(26)21-9-7-19-12-13-37-29(36)22(19)16-21/h1-3,7-10,12-18,25H,4-6,11H2,(H2,36,37)(H,38,43)/t25-/m0/s1. The lowest BCUT2D eigenvalue weighted by Crippen LogP contribution is -2.24. The molecular formula is C31H26F4N6O2. The average molecular weight is 591 g/mol. The van der Waals surface area contributed by atoms with Crippen molar-refractivity contribution < 1.29 is 22.4 Å². The average Bonchev–Trinajstić information content (AvgIpc) is 3.69. The van der Waals surface area contributed by atoms with E-state index in [-0.39, 0.29) is 22.8 Å². The number of nitrogens with zero attached hydrogens (tertiary/aromatic N) is 4. The van der Waals surface area contributed by atoms with Crippen molar-refractivity contribution in [1.82, 2.24) is 19.3 Å². The first-order valence-electron chi connectivity index (χ1n) is 13.7. The molecule has 0 bridgehead atoms. The molecule has 43 heavy (non-hydrogen) atoms. The maximum Gasteiger partial charge on any atom is 0.435 e. The normalized spacial score (nSPS) is 14.1. The topological polar surface area (TPSA) is 108 Å². The highest BCUT2D eigenvalue weighted by Crippen LogP contribution is 2.37. The summed E-state index contributed by atoms with van der Waals surface area (Å²) in [6.45, 7) is 0. The van der Waals surface area contributed by atoms with Gasteiger partial charge in [-0.1, -0.05) is 31.0 Å². The van der Waals surface area contributed by atoms with Crippen LogP contribution in [0.2, 0.25) is 0 Å². The minimum absolute atomic E-state index is 0.130. The zero-order chi connectivity index (χ0) is 30.3. The van der Waals surface area contributed by atoms with Gasteiger partial charge in [-0.15, -0.1) is 0 Å². The van der Waals surface area contributed by atoms with Crippen LogP contribution in [0.5, 0.6) is 0 Å². The van der Waals surface area contributed by atoms with Crippen molar-refractivity contribution in [2.45, 2.75) is 37.9 Å². The number of amides is 1. The number of hydrogen-bond donors (Lipinski definition) is 2. The van der Waals surface area contributed by atoms with Crippen LogP contribution in [0.3, 0.4) is 0 Å². The molecule has 1 saturated carbocycles. The largest absolute Gasteiger partial charge is 0.435 e. The molecule has 3 aromatic heterocycles. The molecule has 0 radical (unpaired) electrons. The molecular weight excluding hydrogens is 564 g/mol. The number of nitrogens with two attached hydrogens (primary N) is 1. The van der Waals surface area contributed by atoms with E-state index in [4.69, 9.17) is 5.73 Å². The summed E-state index contributed by atoms with van der Waals surface area (Å²) in [6, 6.07) is 15.4. The van der Waals surface area contributed by atoms with Gasteiger partial charge in [-0.3, -0.25) is 9.59 Å². The number of nitrogens with one attached hydrogen (secondary N) is 1. The highest BCUT2D eigenvalue weighted by atomic mass is 19.4. The number of pyridine rings is 2. The number of fused-ring (bicyclic) bond motifs is 1. The van der Waals surface area contributed by atoms with Crippen LogP contribution in [0, 0.1) is 11.7 Å². The van der Waals surface area contributed by atoms with Crippen LogP contribution in [-0.4, -0.2) is 25.2 Å². The molecule has 12 heteroatoms. The molecule has 2 aromatic carbocycles. The number of hydrogen-bond acceptors (Lipinski definition) is 5. The second kappa shape index (κ2) is 11.0. The minimum Gasteiger partial charge on any atom is -0.383 e. The summed E-state index contributed by atoms with van der Waals surface area (Å²) in [5.41, 5.74) is 4.44. The quantitative estimate of drug-likeness (QED) is 0.205. The Morgan fingerprint density at radius 1 is 1.07 bits per heavy atom. The lowest BCUT2D eigenvalue weighted by Gasteiger charge is -2.21. The van der Waals surface area contributed by atoms with Crippen molar-refractivity contribution in [2.75, 3.05) is 11.1 Å². The summed E-state index contributed by atoms with van der Waals surface area (Å²) in [5.74, 6) is -1.07. The number of benzene rings is 2. The third-order valence-corrected chi connectivity index (χ3v) is 7.61. The number of aromatic nitrogens is 4. The van der Waals surface area contributed by atoms with Gasteiger partial charge in [0.25, 0.3) is 11.5 Å². The van der Waals surface area contributed by atoms with Crippen LogP contribution >= 0.6 is 0 Å². The first-order valence-corrected chi connectivity index (χ1v) is 13.7. The van der Waals surface area contributed by atoms with Gasteiger partial charge in [0.05, 0.1) is 17.4 Å². The zero-order valence-electron chi connectivity index (χ0n) is 22.7. The fraction of sp³-hybridized carbons (Fsp3) is 0.226.